The standard InChI is InChI=1S/C3H7NO.C3H6O.C2H4O2.3CH4/c1-3(5)4-2;1-3(2)4;1-2(3)4;;;/h1-2H3,(H,4,5);1-2H3;1H3,(H,3,4);3*1H4. The molecule has 0 rings (SSSR count). The number of ketones is 1. The van der Waals surface area contributed by atoms with Gasteiger partial charge >= 0.3 is 0 Å². The van der Waals surface area contributed by atoms with E-state index >= 15 is 0 Å². The molecule has 2 N–H and O–H groups in total. The fourth-order valence-electron chi connectivity index (χ4n) is 0. The number of hydrogen-bond acceptors (Lipinski definition) is 3. The van der Waals surface area contributed by atoms with Crippen molar-refractivity contribution in [2.45, 2.75) is 50.0 Å². The summed E-state index contributed by atoms with van der Waals surface area (Å²) in [6.07, 6.45) is 0. The highest BCUT2D eigenvalue weighted by atomic mass is 16.4. The fraction of sp³-hybridized carbons (Fsp3) is 0.727. The average Bonchev–Trinajstić information content (AvgIpc) is 1.84. The molecule has 0 aromatic carbocycles. The highest BCUT2D eigenvalue weighted by Crippen LogP contribution is 1.50. The number of carboxylic acids is 1. The molecule has 0 aliphatic rings. The van der Waals surface area contributed by atoms with E-state index in [9.17, 15) is 9.59 Å². The lowest BCUT2D eigenvalue weighted by molar-refractivity contribution is -0.134. The van der Waals surface area contributed by atoms with Crippen LogP contribution < -0.4 is 5.32 Å². The van der Waals surface area contributed by atoms with Gasteiger partial charge in [0, 0.05) is 20.9 Å². The molecule has 5 nitrogen and oxygen atoms in total. The fourth-order valence-corrected chi connectivity index (χ4v) is 0. The maximum absolute atomic E-state index is 9.70. The molecule has 5 heteroatoms. The van der Waals surface area contributed by atoms with Crippen molar-refractivity contribution in [3.8, 4) is 0 Å². The molecule has 0 bridgehead atoms. The van der Waals surface area contributed by atoms with E-state index in [1.165, 1.54) is 20.8 Å². The van der Waals surface area contributed by atoms with Gasteiger partial charge < -0.3 is 15.2 Å². The SMILES string of the molecule is C.C.C.CC(=O)O.CC(C)=O.CNC(C)=O. The molecular weight excluding hydrogens is 210 g/mol. The first-order valence-electron chi connectivity index (χ1n) is 3.59. The Balaban J connectivity index is -0.0000000216. The summed E-state index contributed by atoms with van der Waals surface area (Å²) in [6, 6.07) is 0. The van der Waals surface area contributed by atoms with Crippen LogP contribution in [0.25, 0.3) is 0 Å². The van der Waals surface area contributed by atoms with Gasteiger partial charge in [0.05, 0.1) is 0 Å². The van der Waals surface area contributed by atoms with Crippen molar-refractivity contribution in [2.75, 3.05) is 7.05 Å². The molecule has 0 unspecified atom stereocenters. The van der Waals surface area contributed by atoms with E-state index in [0.29, 0.717) is 0 Å². The first-order chi connectivity index (χ1) is 5.73. The van der Waals surface area contributed by atoms with Gasteiger partial charge in [-0.15, -0.1) is 0 Å². The molecule has 16 heavy (non-hydrogen) atoms. The van der Waals surface area contributed by atoms with Crippen LogP contribution in [0.5, 0.6) is 0 Å². The summed E-state index contributed by atoms with van der Waals surface area (Å²) in [4.78, 5) is 28.1. The summed E-state index contributed by atoms with van der Waals surface area (Å²) in [6.45, 7) is 5.61. The molecule has 0 heterocycles. The van der Waals surface area contributed by atoms with Gasteiger partial charge in [-0.3, -0.25) is 9.59 Å². The van der Waals surface area contributed by atoms with Gasteiger partial charge in [-0.1, -0.05) is 22.3 Å². The predicted octanol–water partition coefficient (Wildman–Crippen LogP) is 2.35. The second-order valence-electron chi connectivity index (χ2n) is 2.23. The van der Waals surface area contributed by atoms with Crippen LogP contribution in [0.2, 0.25) is 0 Å². The zero-order valence-corrected chi connectivity index (χ0v) is 8.67. The van der Waals surface area contributed by atoms with E-state index < -0.39 is 5.97 Å². The number of hydrogen-bond donors (Lipinski definition) is 2. The summed E-state index contributed by atoms with van der Waals surface area (Å²) >= 11 is 0. The van der Waals surface area contributed by atoms with Crippen LogP contribution in [0.3, 0.4) is 0 Å². The van der Waals surface area contributed by atoms with Gasteiger partial charge in [0.15, 0.2) is 0 Å². The molecular formula is C11H29NO4. The Morgan fingerprint density at radius 3 is 0.938 bits per heavy atom. The molecule has 0 aromatic heterocycles. The highest BCUT2D eigenvalue weighted by Gasteiger charge is 1.72. The molecule has 0 saturated heterocycles. The van der Waals surface area contributed by atoms with Gasteiger partial charge in [-0.25, -0.2) is 0 Å². The number of amides is 1. The number of nitrogens with one attached hydrogen (secondary N) is 1. The van der Waals surface area contributed by atoms with Crippen molar-refractivity contribution < 1.29 is 19.5 Å². The van der Waals surface area contributed by atoms with Gasteiger partial charge in [-0.2, -0.15) is 0 Å². The molecule has 0 aliphatic heterocycles. The topological polar surface area (TPSA) is 83.5 Å². The molecule has 0 atom stereocenters. The third kappa shape index (κ3) is 4570. The number of aliphatic carboxylic acids is 1. The largest absolute Gasteiger partial charge is 0.481 e. The quantitative estimate of drug-likeness (QED) is 0.679. The number of carbonyl (C=O) groups is 3. The zero-order valence-electron chi connectivity index (χ0n) is 8.67. The van der Waals surface area contributed by atoms with Gasteiger partial charge in [0.25, 0.3) is 5.97 Å². The molecule has 0 saturated carbocycles. The molecule has 102 valence electrons. The third-order valence-electron chi connectivity index (χ3n) is 0.352. The Morgan fingerprint density at radius 1 is 0.875 bits per heavy atom. The lowest BCUT2D eigenvalue weighted by atomic mass is 10.6. The molecule has 0 aromatic rings. The minimum atomic E-state index is -0.833. The highest BCUT2D eigenvalue weighted by molar-refractivity contribution is 5.72. The monoisotopic (exact) mass is 239 g/mol. The second kappa shape index (κ2) is 29.2. The van der Waals surface area contributed by atoms with Crippen LogP contribution in [0.4, 0.5) is 0 Å². The van der Waals surface area contributed by atoms with Crippen LogP contribution in [-0.2, 0) is 14.4 Å². The number of carbonyl (C=O) groups excluding carboxylic acids is 2. The molecule has 0 aliphatic carbocycles. The van der Waals surface area contributed by atoms with Crippen molar-refractivity contribution in [2.24, 2.45) is 0 Å². The lowest BCUT2D eigenvalue weighted by Crippen LogP contribution is -2.11. The van der Waals surface area contributed by atoms with E-state index in [-0.39, 0.29) is 34.0 Å². The van der Waals surface area contributed by atoms with Crippen molar-refractivity contribution in [3.05, 3.63) is 0 Å². The number of rotatable bonds is 0. The number of Topliss-reactive ketones (excluding diaryl/α,β-unsaturated/α-hetero) is 1. The maximum Gasteiger partial charge on any atom is 0.300 e. The van der Waals surface area contributed by atoms with Crippen molar-refractivity contribution in [1.82, 2.24) is 5.32 Å². The summed E-state index contributed by atoms with van der Waals surface area (Å²) in [5.74, 6) is -0.662. The first kappa shape index (κ1) is 36.5. The molecule has 0 radical (unpaired) electrons. The maximum atomic E-state index is 9.70. The summed E-state index contributed by atoms with van der Waals surface area (Å²) in [7, 11) is 1.60. The van der Waals surface area contributed by atoms with E-state index in [1.54, 1.807) is 7.05 Å². The Morgan fingerprint density at radius 2 is 0.938 bits per heavy atom. The van der Waals surface area contributed by atoms with Crippen molar-refractivity contribution in [1.29, 1.82) is 0 Å². The normalized spacial score (nSPS) is 5.31. The van der Waals surface area contributed by atoms with Crippen LogP contribution in [0.1, 0.15) is 50.0 Å². The first-order valence-corrected chi connectivity index (χ1v) is 3.59. The Bertz CT molecular complexity index is 147. The zero-order chi connectivity index (χ0) is 11.4. The lowest BCUT2D eigenvalue weighted by Gasteiger charge is -1.80. The van der Waals surface area contributed by atoms with E-state index in [4.69, 9.17) is 9.90 Å². The van der Waals surface area contributed by atoms with Gasteiger partial charge in [0.2, 0.25) is 5.91 Å². The second-order valence-corrected chi connectivity index (χ2v) is 2.23. The Kier molecular flexibility index (Phi) is 66.6. The van der Waals surface area contributed by atoms with Crippen LogP contribution in [-0.4, -0.2) is 29.8 Å². The van der Waals surface area contributed by atoms with Crippen molar-refractivity contribution >= 4 is 17.7 Å². The van der Waals surface area contributed by atoms with Crippen LogP contribution in [0.15, 0.2) is 0 Å². The molecule has 1 amide bonds. The predicted molar refractivity (Wildman–Crippen MR) is 69.6 cm³/mol. The summed E-state index contributed by atoms with van der Waals surface area (Å²) in [5, 5.41) is 9.81. The van der Waals surface area contributed by atoms with Crippen LogP contribution >= 0.6 is 0 Å². The molecule has 0 spiro atoms. The van der Waals surface area contributed by atoms with E-state index in [1.807, 2.05) is 0 Å². The van der Waals surface area contributed by atoms with Gasteiger partial charge in [0.1, 0.15) is 5.78 Å². The molecule has 0 fully saturated rings. The van der Waals surface area contributed by atoms with E-state index in [0.717, 1.165) is 6.92 Å². The summed E-state index contributed by atoms with van der Waals surface area (Å²) in [5.41, 5.74) is 0. The Hall–Kier alpha value is -1.39. The Labute approximate surface area is 100 Å². The van der Waals surface area contributed by atoms with Gasteiger partial charge in [-0.05, 0) is 13.8 Å². The third-order valence-corrected chi connectivity index (χ3v) is 0.352. The van der Waals surface area contributed by atoms with E-state index in [2.05, 4.69) is 5.32 Å². The smallest absolute Gasteiger partial charge is 0.300 e. The minimum absolute atomic E-state index is 0. The average molecular weight is 239 g/mol. The number of carboxylic acid groups (broad SMARTS) is 1. The van der Waals surface area contributed by atoms with Crippen LogP contribution in [0, 0.1) is 0 Å². The van der Waals surface area contributed by atoms with Crippen molar-refractivity contribution in [3.63, 3.8) is 0 Å². The minimum Gasteiger partial charge on any atom is -0.481 e. The summed E-state index contributed by atoms with van der Waals surface area (Å²) < 4.78 is 0.